The SMILES string of the molecule is OC1(CC2CCCSC2)CNC1. The number of aliphatic hydroxyl groups is 1. The van der Waals surface area contributed by atoms with E-state index in [-0.39, 0.29) is 5.60 Å². The standard InChI is InChI=1S/C9H17NOS/c11-9(6-10-7-9)4-8-2-1-3-12-5-8/h8,10-11H,1-7H2. The van der Waals surface area contributed by atoms with Gasteiger partial charge in [-0.05, 0) is 36.7 Å². The lowest BCUT2D eigenvalue weighted by atomic mass is 9.84. The third kappa shape index (κ3) is 1.95. The van der Waals surface area contributed by atoms with Gasteiger partial charge in [-0.2, -0.15) is 11.8 Å². The molecule has 70 valence electrons. The topological polar surface area (TPSA) is 32.3 Å². The van der Waals surface area contributed by atoms with Gasteiger partial charge >= 0.3 is 0 Å². The van der Waals surface area contributed by atoms with Crippen molar-refractivity contribution in [3.63, 3.8) is 0 Å². The van der Waals surface area contributed by atoms with Crippen molar-refractivity contribution >= 4 is 11.8 Å². The molecule has 12 heavy (non-hydrogen) atoms. The van der Waals surface area contributed by atoms with E-state index in [2.05, 4.69) is 5.32 Å². The molecule has 3 heteroatoms. The molecular weight excluding hydrogens is 170 g/mol. The molecule has 2 fully saturated rings. The van der Waals surface area contributed by atoms with E-state index in [4.69, 9.17) is 0 Å². The number of hydrogen-bond acceptors (Lipinski definition) is 3. The number of β-amino-alcohol motifs (C(OH)–C–C–N with tert-alkyl or cyclic N) is 1. The fourth-order valence-corrected chi connectivity index (χ4v) is 3.22. The summed E-state index contributed by atoms with van der Waals surface area (Å²) in [7, 11) is 0. The number of nitrogens with one attached hydrogen (secondary N) is 1. The van der Waals surface area contributed by atoms with E-state index >= 15 is 0 Å². The van der Waals surface area contributed by atoms with Crippen LogP contribution in [0.1, 0.15) is 19.3 Å². The smallest absolute Gasteiger partial charge is 0.0898 e. The van der Waals surface area contributed by atoms with Crippen LogP contribution in [0.3, 0.4) is 0 Å². The summed E-state index contributed by atoms with van der Waals surface area (Å²) >= 11 is 2.05. The molecule has 1 atom stereocenters. The largest absolute Gasteiger partial charge is 0.387 e. The van der Waals surface area contributed by atoms with Gasteiger partial charge in [0, 0.05) is 13.1 Å². The first-order chi connectivity index (χ1) is 5.79. The summed E-state index contributed by atoms with van der Waals surface area (Å²) in [6.45, 7) is 1.63. The lowest BCUT2D eigenvalue weighted by Crippen LogP contribution is -2.60. The van der Waals surface area contributed by atoms with Crippen molar-refractivity contribution in [2.75, 3.05) is 24.6 Å². The zero-order valence-corrected chi connectivity index (χ0v) is 8.20. The van der Waals surface area contributed by atoms with E-state index in [1.807, 2.05) is 11.8 Å². The van der Waals surface area contributed by atoms with E-state index in [1.165, 1.54) is 24.3 Å². The molecule has 0 saturated carbocycles. The Labute approximate surface area is 78.1 Å². The molecule has 0 aromatic carbocycles. The van der Waals surface area contributed by atoms with Crippen molar-refractivity contribution in [1.82, 2.24) is 5.32 Å². The van der Waals surface area contributed by atoms with Crippen LogP contribution < -0.4 is 5.32 Å². The van der Waals surface area contributed by atoms with Crippen LogP contribution in [0.2, 0.25) is 0 Å². The van der Waals surface area contributed by atoms with Gasteiger partial charge in [-0.1, -0.05) is 0 Å². The van der Waals surface area contributed by atoms with Crippen LogP contribution in [0.25, 0.3) is 0 Å². The minimum absolute atomic E-state index is 0.345. The lowest BCUT2D eigenvalue weighted by Gasteiger charge is -2.40. The van der Waals surface area contributed by atoms with Gasteiger partial charge in [-0.15, -0.1) is 0 Å². The summed E-state index contributed by atoms with van der Waals surface area (Å²) in [6, 6.07) is 0. The summed E-state index contributed by atoms with van der Waals surface area (Å²) in [5, 5.41) is 13.0. The van der Waals surface area contributed by atoms with E-state index in [1.54, 1.807) is 0 Å². The maximum Gasteiger partial charge on any atom is 0.0898 e. The Morgan fingerprint density at radius 2 is 2.33 bits per heavy atom. The Kier molecular flexibility index (Phi) is 2.63. The third-order valence-corrected chi connectivity index (χ3v) is 4.12. The number of thioether (sulfide) groups is 1. The molecule has 2 nitrogen and oxygen atoms in total. The predicted molar refractivity (Wildman–Crippen MR) is 52.5 cm³/mol. The molecule has 0 aliphatic carbocycles. The molecule has 2 aliphatic heterocycles. The first kappa shape index (κ1) is 8.85. The van der Waals surface area contributed by atoms with Gasteiger partial charge in [-0.25, -0.2) is 0 Å². The average molecular weight is 187 g/mol. The molecule has 2 N–H and O–H groups in total. The molecule has 0 bridgehead atoms. The molecule has 0 aromatic rings. The third-order valence-electron chi connectivity index (χ3n) is 2.83. The fourth-order valence-electron chi connectivity index (χ4n) is 2.06. The highest BCUT2D eigenvalue weighted by Gasteiger charge is 2.36. The molecule has 0 spiro atoms. The molecule has 0 aromatic heterocycles. The van der Waals surface area contributed by atoms with Crippen molar-refractivity contribution in [3.05, 3.63) is 0 Å². The monoisotopic (exact) mass is 187 g/mol. The normalized spacial score (nSPS) is 34.2. The Hall–Kier alpha value is 0.270. The highest BCUT2D eigenvalue weighted by Crippen LogP contribution is 2.30. The second-order valence-electron chi connectivity index (χ2n) is 4.12. The van der Waals surface area contributed by atoms with Crippen molar-refractivity contribution in [2.24, 2.45) is 5.92 Å². The Bertz CT molecular complexity index is 153. The number of hydrogen-bond donors (Lipinski definition) is 2. The van der Waals surface area contributed by atoms with Crippen LogP contribution in [-0.4, -0.2) is 35.3 Å². The van der Waals surface area contributed by atoms with Crippen molar-refractivity contribution < 1.29 is 5.11 Å². The molecule has 1 unspecified atom stereocenters. The summed E-state index contributed by atoms with van der Waals surface area (Å²) in [6.07, 6.45) is 3.70. The van der Waals surface area contributed by atoms with E-state index < -0.39 is 0 Å². The zero-order chi connectivity index (χ0) is 8.44. The van der Waals surface area contributed by atoms with Crippen LogP contribution in [0.4, 0.5) is 0 Å². The van der Waals surface area contributed by atoms with E-state index in [0.717, 1.165) is 25.4 Å². The van der Waals surface area contributed by atoms with Crippen molar-refractivity contribution in [3.8, 4) is 0 Å². The maximum atomic E-state index is 9.89. The van der Waals surface area contributed by atoms with Gasteiger partial charge in [0.2, 0.25) is 0 Å². The first-order valence-corrected chi connectivity index (χ1v) is 5.95. The summed E-state index contributed by atoms with van der Waals surface area (Å²) < 4.78 is 0. The molecule has 2 aliphatic rings. The minimum atomic E-state index is -0.345. The minimum Gasteiger partial charge on any atom is -0.387 e. The second-order valence-corrected chi connectivity index (χ2v) is 5.27. The predicted octanol–water partition coefficient (Wildman–Crippen LogP) is 0.854. The summed E-state index contributed by atoms with van der Waals surface area (Å²) in [5.41, 5.74) is -0.345. The molecule has 2 saturated heterocycles. The highest BCUT2D eigenvalue weighted by molar-refractivity contribution is 7.99. The Balaban J connectivity index is 1.77. The Morgan fingerprint density at radius 3 is 2.83 bits per heavy atom. The van der Waals surface area contributed by atoms with Crippen LogP contribution in [-0.2, 0) is 0 Å². The van der Waals surface area contributed by atoms with Crippen LogP contribution >= 0.6 is 11.8 Å². The van der Waals surface area contributed by atoms with Gasteiger partial charge in [0.25, 0.3) is 0 Å². The lowest BCUT2D eigenvalue weighted by molar-refractivity contribution is -0.0291. The van der Waals surface area contributed by atoms with Gasteiger partial charge in [-0.3, -0.25) is 0 Å². The molecule has 2 heterocycles. The van der Waals surface area contributed by atoms with Gasteiger partial charge in [0.1, 0.15) is 0 Å². The van der Waals surface area contributed by atoms with Crippen LogP contribution in [0, 0.1) is 5.92 Å². The summed E-state index contributed by atoms with van der Waals surface area (Å²) in [5.74, 6) is 3.37. The fraction of sp³-hybridized carbons (Fsp3) is 1.00. The van der Waals surface area contributed by atoms with E-state index in [0.29, 0.717) is 0 Å². The van der Waals surface area contributed by atoms with Gasteiger partial charge in [0.15, 0.2) is 0 Å². The summed E-state index contributed by atoms with van der Waals surface area (Å²) in [4.78, 5) is 0. The van der Waals surface area contributed by atoms with Gasteiger partial charge in [0.05, 0.1) is 5.60 Å². The van der Waals surface area contributed by atoms with Crippen LogP contribution in [0.5, 0.6) is 0 Å². The quantitative estimate of drug-likeness (QED) is 0.672. The second kappa shape index (κ2) is 3.56. The van der Waals surface area contributed by atoms with Crippen LogP contribution in [0.15, 0.2) is 0 Å². The molecule has 2 rings (SSSR count). The van der Waals surface area contributed by atoms with Crippen molar-refractivity contribution in [2.45, 2.75) is 24.9 Å². The highest BCUT2D eigenvalue weighted by atomic mass is 32.2. The molecule has 0 amide bonds. The maximum absolute atomic E-state index is 9.89. The van der Waals surface area contributed by atoms with E-state index in [9.17, 15) is 5.11 Å². The molecular formula is C9H17NOS. The Morgan fingerprint density at radius 1 is 1.50 bits per heavy atom. The number of rotatable bonds is 2. The zero-order valence-electron chi connectivity index (χ0n) is 7.38. The average Bonchev–Trinajstić information content (AvgIpc) is 2.04. The van der Waals surface area contributed by atoms with Crippen molar-refractivity contribution in [1.29, 1.82) is 0 Å². The molecule has 0 radical (unpaired) electrons. The van der Waals surface area contributed by atoms with Gasteiger partial charge < -0.3 is 10.4 Å². The first-order valence-electron chi connectivity index (χ1n) is 4.79.